The van der Waals surface area contributed by atoms with Gasteiger partial charge in [-0.15, -0.1) is 0 Å². The van der Waals surface area contributed by atoms with Gasteiger partial charge in [-0.2, -0.15) is 0 Å². The summed E-state index contributed by atoms with van der Waals surface area (Å²) in [6, 6.07) is 5.22. The van der Waals surface area contributed by atoms with E-state index < -0.39 is 0 Å². The largest absolute Gasteiger partial charge is 0.490 e. The summed E-state index contributed by atoms with van der Waals surface area (Å²) in [5.41, 5.74) is 2.11. The van der Waals surface area contributed by atoms with Crippen LogP contribution in [0.25, 0.3) is 0 Å². The molecule has 1 saturated carbocycles. The summed E-state index contributed by atoms with van der Waals surface area (Å²) < 4.78 is 19.6. The van der Waals surface area contributed by atoms with Gasteiger partial charge in [-0.25, -0.2) is 9.18 Å². The van der Waals surface area contributed by atoms with Gasteiger partial charge in [-0.05, 0) is 86.5 Å². The molecule has 0 bridgehead atoms. The third kappa shape index (κ3) is 8.98. The molecule has 0 spiro atoms. The fraction of sp³-hybridized carbons (Fsp3) is 0.520. The van der Waals surface area contributed by atoms with E-state index in [9.17, 15) is 9.18 Å². The fourth-order valence-electron chi connectivity index (χ4n) is 3.32. The van der Waals surface area contributed by atoms with Crippen LogP contribution < -0.4 is 16.2 Å². The monoisotopic (exact) mass is 416 g/mol. The molecule has 5 heteroatoms. The molecule has 1 fully saturated rings. The van der Waals surface area contributed by atoms with Gasteiger partial charge in [0.15, 0.2) is 11.6 Å². The zero-order valence-electron chi connectivity index (χ0n) is 18.5. The highest BCUT2D eigenvalue weighted by atomic mass is 19.1. The lowest BCUT2D eigenvalue weighted by atomic mass is 9.93. The molecule has 2 atom stereocenters. The van der Waals surface area contributed by atoms with Crippen molar-refractivity contribution in [2.24, 2.45) is 11.8 Å². The van der Waals surface area contributed by atoms with Crippen LogP contribution in [0.15, 0.2) is 48.7 Å². The first-order valence-corrected chi connectivity index (χ1v) is 10.7. The fourth-order valence-corrected chi connectivity index (χ4v) is 3.32. The first kappa shape index (κ1) is 25.7. The minimum absolute atomic E-state index is 0. The molecule has 30 heavy (non-hydrogen) atoms. The smallest absolute Gasteiger partial charge is 0.165 e. The number of allylic oxidation sites excluding steroid dienone is 4. The van der Waals surface area contributed by atoms with E-state index in [1.54, 1.807) is 6.08 Å². The molecule has 4 N–H and O–H groups in total. The number of rotatable bonds is 14. The summed E-state index contributed by atoms with van der Waals surface area (Å²) in [7, 11) is 1.88. The van der Waals surface area contributed by atoms with Gasteiger partial charge in [0.05, 0.1) is 6.61 Å². The van der Waals surface area contributed by atoms with Crippen molar-refractivity contribution in [3.05, 3.63) is 60.1 Å². The Kier molecular flexibility index (Phi) is 11.8. The molecule has 0 aromatic heterocycles. The predicted molar refractivity (Wildman–Crippen MR) is 122 cm³/mol. The number of halogens is 1. The van der Waals surface area contributed by atoms with E-state index in [1.807, 2.05) is 25.1 Å². The van der Waals surface area contributed by atoms with Crippen molar-refractivity contribution in [3.8, 4) is 5.75 Å². The predicted octanol–water partition coefficient (Wildman–Crippen LogP) is 6.12. The van der Waals surface area contributed by atoms with Gasteiger partial charge in [0.2, 0.25) is 0 Å². The highest BCUT2D eigenvalue weighted by molar-refractivity contribution is 5.44. The van der Waals surface area contributed by atoms with Crippen LogP contribution in [0.5, 0.6) is 5.75 Å². The Morgan fingerprint density at radius 1 is 1.33 bits per heavy atom. The standard InChI is InChI=1S/C25H34FNO2.H3N/c1-19(23-14-15-24(26)25(17-23)29-18-21-12-13-21)9-5-4-6-10-22(20(2)27-3)11-7-8-16-28;/h4-5,8,14-15,17,19,21-22,27H,2,6-7,9-13,18H2,1,3H3;1H3/b5-4+;. The van der Waals surface area contributed by atoms with Crippen LogP contribution in [0, 0.1) is 17.7 Å². The zero-order valence-corrected chi connectivity index (χ0v) is 18.5. The second-order valence-electron chi connectivity index (χ2n) is 8.00. The number of ether oxygens (including phenoxy) is 1. The van der Waals surface area contributed by atoms with Crippen LogP contribution in [-0.2, 0) is 4.79 Å². The molecule has 2 rings (SSSR count). The van der Waals surface area contributed by atoms with Gasteiger partial charge in [0.25, 0.3) is 0 Å². The Morgan fingerprint density at radius 2 is 2.07 bits per heavy atom. The average molecular weight is 417 g/mol. The van der Waals surface area contributed by atoms with Crippen LogP contribution in [0.1, 0.15) is 63.4 Å². The third-order valence-electron chi connectivity index (χ3n) is 5.59. The van der Waals surface area contributed by atoms with Crippen LogP contribution in [0.4, 0.5) is 4.39 Å². The molecule has 166 valence electrons. The van der Waals surface area contributed by atoms with E-state index >= 15 is 0 Å². The molecule has 1 aromatic carbocycles. The molecule has 0 radical (unpaired) electrons. The van der Waals surface area contributed by atoms with Gasteiger partial charge in [-0.3, -0.25) is 0 Å². The Morgan fingerprint density at radius 3 is 2.73 bits per heavy atom. The summed E-state index contributed by atoms with van der Waals surface area (Å²) >= 11 is 0. The van der Waals surface area contributed by atoms with E-state index in [0.717, 1.165) is 43.4 Å². The summed E-state index contributed by atoms with van der Waals surface area (Å²) in [5.74, 6) is 3.19. The van der Waals surface area contributed by atoms with E-state index in [0.29, 0.717) is 30.1 Å². The minimum Gasteiger partial charge on any atom is -0.490 e. The Balaban J connectivity index is 0.00000450. The molecular weight excluding hydrogens is 379 g/mol. The topological polar surface area (TPSA) is 73.3 Å². The van der Waals surface area contributed by atoms with Crippen molar-refractivity contribution in [3.63, 3.8) is 0 Å². The van der Waals surface area contributed by atoms with Gasteiger partial charge in [0.1, 0.15) is 5.94 Å². The minimum atomic E-state index is -0.280. The van der Waals surface area contributed by atoms with Crippen LogP contribution in [0.3, 0.4) is 0 Å². The summed E-state index contributed by atoms with van der Waals surface area (Å²) in [5, 5.41) is 3.13. The molecule has 4 nitrogen and oxygen atoms in total. The number of nitrogens with one attached hydrogen (secondary N) is 1. The van der Waals surface area contributed by atoms with Crippen LogP contribution in [-0.4, -0.2) is 19.6 Å². The lowest BCUT2D eigenvalue weighted by molar-refractivity contribution is 0.285. The molecule has 0 heterocycles. The van der Waals surface area contributed by atoms with Crippen molar-refractivity contribution >= 4 is 5.94 Å². The van der Waals surface area contributed by atoms with Gasteiger partial charge in [0, 0.05) is 12.7 Å². The molecule has 0 amide bonds. The summed E-state index contributed by atoms with van der Waals surface area (Å²) in [6.45, 7) is 6.85. The van der Waals surface area contributed by atoms with Crippen molar-refractivity contribution < 1.29 is 13.9 Å². The van der Waals surface area contributed by atoms with E-state index in [4.69, 9.17) is 4.74 Å². The maximum atomic E-state index is 14.0. The Labute approximate surface area is 180 Å². The highest BCUT2D eigenvalue weighted by Gasteiger charge is 2.22. The summed E-state index contributed by atoms with van der Waals surface area (Å²) in [6.07, 6.45) is 12.8. The van der Waals surface area contributed by atoms with Crippen LogP contribution >= 0.6 is 0 Å². The van der Waals surface area contributed by atoms with Crippen molar-refractivity contribution in [1.29, 1.82) is 0 Å². The molecule has 1 aliphatic carbocycles. The molecule has 0 saturated heterocycles. The molecule has 1 aliphatic rings. The molecule has 0 aliphatic heterocycles. The number of hydrogen-bond donors (Lipinski definition) is 2. The maximum absolute atomic E-state index is 14.0. The van der Waals surface area contributed by atoms with E-state index in [1.165, 1.54) is 18.9 Å². The normalized spacial score (nSPS) is 15.0. The second-order valence-corrected chi connectivity index (χ2v) is 8.00. The van der Waals surface area contributed by atoms with Crippen molar-refractivity contribution in [2.45, 2.75) is 57.8 Å². The SMILES string of the molecule is C=C(NC)C(CCC=C=O)CC/C=C/CC(C)c1ccc(F)c(OCC2CC2)c1.N. The van der Waals surface area contributed by atoms with Gasteiger partial charge >= 0.3 is 0 Å². The lowest BCUT2D eigenvalue weighted by Gasteiger charge is -2.17. The maximum Gasteiger partial charge on any atom is 0.165 e. The van der Waals surface area contributed by atoms with E-state index in [-0.39, 0.29) is 12.0 Å². The number of benzene rings is 1. The number of carbonyl (C=O) groups excluding carboxylic acids is 1. The third-order valence-corrected chi connectivity index (χ3v) is 5.59. The molecule has 2 unspecified atom stereocenters. The van der Waals surface area contributed by atoms with Gasteiger partial charge in [-0.1, -0.05) is 31.7 Å². The Bertz CT molecular complexity index is 737. The van der Waals surface area contributed by atoms with E-state index in [2.05, 4.69) is 31.0 Å². The van der Waals surface area contributed by atoms with Crippen molar-refractivity contribution in [2.75, 3.05) is 13.7 Å². The zero-order chi connectivity index (χ0) is 21.1. The summed E-state index contributed by atoms with van der Waals surface area (Å²) in [4.78, 5) is 10.4. The second kappa shape index (κ2) is 13.8. The first-order valence-electron chi connectivity index (χ1n) is 10.7. The first-order chi connectivity index (χ1) is 14.0. The molecule has 1 aromatic rings. The highest BCUT2D eigenvalue weighted by Crippen LogP contribution is 2.31. The molecular formula is C25H37FN2O2. The average Bonchev–Trinajstić information content (AvgIpc) is 3.55. The van der Waals surface area contributed by atoms with Gasteiger partial charge < -0.3 is 16.2 Å². The quantitative estimate of drug-likeness (QED) is 0.283. The lowest BCUT2D eigenvalue weighted by Crippen LogP contribution is -2.15. The van der Waals surface area contributed by atoms with Crippen LogP contribution in [0.2, 0.25) is 0 Å². The number of hydrogen-bond acceptors (Lipinski definition) is 4. The Hall–Kier alpha value is -2.36. The van der Waals surface area contributed by atoms with Crippen molar-refractivity contribution in [1.82, 2.24) is 11.5 Å².